The predicted molar refractivity (Wildman–Crippen MR) is 144 cm³/mol. The van der Waals surface area contributed by atoms with Crippen molar-refractivity contribution in [2.75, 3.05) is 17.1 Å². The van der Waals surface area contributed by atoms with Gasteiger partial charge in [0.1, 0.15) is 12.6 Å². The highest BCUT2D eigenvalue weighted by molar-refractivity contribution is 7.92. The third-order valence-electron chi connectivity index (χ3n) is 6.90. The van der Waals surface area contributed by atoms with Gasteiger partial charge >= 0.3 is 0 Å². The second-order valence-corrected chi connectivity index (χ2v) is 11.7. The number of anilines is 1. The van der Waals surface area contributed by atoms with E-state index in [1.165, 1.54) is 11.3 Å². The Kier molecular flexibility index (Phi) is 9.54. The van der Waals surface area contributed by atoms with Crippen molar-refractivity contribution in [3.63, 3.8) is 0 Å². The zero-order valence-electron chi connectivity index (χ0n) is 21.9. The molecule has 7 nitrogen and oxygen atoms in total. The molecule has 1 saturated carbocycles. The van der Waals surface area contributed by atoms with Crippen LogP contribution in [-0.2, 0) is 32.6 Å². The number of carbonyl (C=O) groups excluding carboxylic acids is 2. The maximum Gasteiger partial charge on any atom is 0.244 e. The van der Waals surface area contributed by atoms with E-state index in [1.807, 2.05) is 50.2 Å². The Morgan fingerprint density at radius 2 is 1.56 bits per heavy atom. The van der Waals surface area contributed by atoms with Crippen LogP contribution in [-0.4, -0.2) is 50.0 Å². The standard InChI is InChI=1S/C28H39N3O4S/c1-5-23-15-17-26(18-16-23)31(36(4,34)35)20-27(32)30(19-24-13-11-21(2)12-14-24)22(3)28(33)29-25-9-7-6-8-10-25/h11-18,22,25H,5-10,19-20H2,1-4H3,(H,29,33). The molecule has 8 heteroatoms. The summed E-state index contributed by atoms with van der Waals surface area (Å²) in [5.74, 6) is -0.632. The van der Waals surface area contributed by atoms with Crippen molar-refractivity contribution in [1.29, 1.82) is 0 Å². The molecule has 0 aliphatic heterocycles. The molecular formula is C28H39N3O4S. The first-order valence-electron chi connectivity index (χ1n) is 12.8. The van der Waals surface area contributed by atoms with Crippen molar-refractivity contribution in [3.05, 3.63) is 65.2 Å². The summed E-state index contributed by atoms with van der Waals surface area (Å²) < 4.78 is 26.5. The first-order valence-corrected chi connectivity index (χ1v) is 14.7. The van der Waals surface area contributed by atoms with Crippen LogP contribution in [0.25, 0.3) is 0 Å². The van der Waals surface area contributed by atoms with Crippen molar-refractivity contribution in [3.8, 4) is 0 Å². The Morgan fingerprint density at radius 3 is 2.11 bits per heavy atom. The van der Waals surface area contributed by atoms with Gasteiger partial charge in [-0.2, -0.15) is 0 Å². The Morgan fingerprint density at radius 1 is 0.972 bits per heavy atom. The van der Waals surface area contributed by atoms with Crippen LogP contribution < -0.4 is 9.62 Å². The monoisotopic (exact) mass is 513 g/mol. The fraction of sp³-hybridized carbons (Fsp3) is 0.500. The molecule has 36 heavy (non-hydrogen) atoms. The molecule has 1 fully saturated rings. The van der Waals surface area contributed by atoms with Gasteiger partial charge in [0.05, 0.1) is 11.9 Å². The smallest absolute Gasteiger partial charge is 0.244 e. The molecule has 3 rings (SSSR count). The summed E-state index contributed by atoms with van der Waals surface area (Å²) >= 11 is 0. The van der Waals surface area contributed by atoms with E-state index in [-0.39, 0.29) is 25.0 Å². The van der Waals surface area contributed by atoms with E-state index in [0.29, 0.717) is 5.69 Å². The Hall–Kier alpha value is -2.87. The van der Waals surface area contributed by atoms with Crippen LogP contribution >= 0.6 is 0 Å². The van der Waals surface area contributed by atoms with Gasteiger partial charge in [-0.25, -0.2) is 8.42 Å². The number of benzene rings is 2. The maximum absolute atomic E-state index is 13.6. The number of carbonyl (C=O) groups is 2. The van der Waals surface area contributed by atoms with Crippen LogP contribution in [0.4, 0.5) is 5.69 Å². The second kappa shape index (κ2) is 12.4. The highest BCUT2D eigenvalue weighted by Gasteiger charge is 2.31. The van der Waals surface area contributed by atoms with Gasteiger partial charge in [-0.05, 0) is 56.4 Å². The summed E-state index contributed by atoms with van der Waals surface area (Å²) in [6.45, 7) is 5.56. The van der Waals surface area contributed by atoms with Crippen molar-refractivity contribution in [2.45, 2.75) is 77.9 Å². The number of nitrogens with zero attached hydrogens (tertiary/aromatic N) is 2. The minimum atomic E-state index is -3.73. The molecule has 1 N–H and O–H groups in total. The van der Waals surface area contributed by atoms with Crippen LogP contribution in [0.5, 0.6) is 0 Å². The van der Waals surface area contributed by atoms with Crippen LogP contribution in [0.3, 0.4) is 0 Å². The minimum absolute atomic E-state index is 0.120. The molecule has 0 bridgehead atoms. The summed E-state index contributed by atoms with van der Waals surface area (Å²) in [6.07, 6.45) is 7.17. The quantitative estimate of drug-likeness (QED) is 0.516. The van der Waals surface area contributed by atoms with Gasteiger partial charge in [0.15, 0.2) is 0 Å². The number of aryl methyl sites for hydroxylation is 2. The minimum Gasteiger partial charge on any atom is -0.352 e. The third kappa shape index (κ3) is 7.56. The van der Waals surface area contributed by atoms with E-state index in [2.05, 4.69) is 5.32 Å². The average Bonchev–Trinajstić information content (AvgIpc) is 2.86. The number of hydrogen-bond acceptors (Lipinski definition) is 4. The molecule has 2 amide bonds. The van der Waals surface area contributed by atoms with Gasteiger partial charge in [-0.15, -0.1) is 0 Å². The van der Waals surface area contributed by atoms with E-state index in [1.54, 1.807) is 19.1 Å². The van der Waals surface area contributed by atoms with Gasteiger partial charge in [-0.1, -0.05) is 68.1 Å². The summed E-state index contributed by atoms with van der Waals surface area (Å²) in [5, 5.41) is 3.11. The largest absolute Gasteiger partial charge is 0.352 e. The summed E-state index contributed by atoms with van der Waals surface area (Å²) in [5.41, 5.74) is 3.48. The molecule has 1 aliphatic carbocycles. The Bertz CT molecular complexity index is 1120. The lowest BCUT2D eigenvalue weighted by Crippen LogP contribution is -2.52. The summed E-state index contributed by atoms with van der Waals surface area (Å²) in [4.78, 5) is 28.3. The molecule has 2 aromatic carbocycles. The zero-order valence-corrected chi connectivity index (χ0v) is 22.7. The Balaban J connectivity index is 1.85. The summed E-state index contributed by atoms with van der Waals surface area (Å²) in [6, 6.07) is 14.3. The van der Waals surface area contributed by atoms with Crippen LogP contribution in [0.1, 0.15) is 62.6 Å². The highest BCUT2D eigenvalue weighted by Crippen LogP contribution is 2.21. The molecule has 0 radical (unpaired) electrons. The maximum atomic E-state index is 13.6. The number of sulfonamides is 1. The first-order chi connectivity index (χ1) is 17.1. The van der Waals surface area contributed by atoms with Crippen LogP contribution in [0, 0.1) is 6.92 Å². The molecule has 1 atom stereocenters. The molecule has 0 spiro atoms. The van der Waals surface area contributed by atoms with E-state index in [0.717, 1.165) is 59.4 Å². The second-order valence-electron chi connectivity index (χ2n) is 9.82. The number of hydrogen-bond donors (Lipinski definition) is 1. The van der Waals surface area contributed by atoms with Gasteiger partial charge in [0.25, 0.3) is 0 Å². The molecule has 0 aromatic heterocycles. The average molecular weight is 514 g/mol. The molecule has 1 unspecified atom stereocenters. The molecule has 1 aliphatic rings. The highest BCUT2D eigenvalue weighted by atomic mass is 32.2. The molecule has 0 saturated heterocycles. The molecule has 0 heterocycles. The van der Waals surface area contributed by atoms with Crippen molar-refractivity contribution >= 4 is 27.5 Å². The van der Waals surface area contributed by atoms with E-state index >= 15 is 0 Å². The van der Waals surface area contributed by atoms with Gasteiger partial charge in [0.2, 0.25) is 21.8 Å². The van der Waals surface area contributed by atoms with E-state index < -0.39 is 22.0 Å². The van der Waals surface area contributed by atoms with Gasteiger partial charge in [-0.3, -0.25) is 13.9 Å². The van der Waals surface area contributed by atoms with Crippen LogP contribution in [0.15, 0.2) is 48.5 Å². The van der Waals surface area contributed by atoms with Crippen LogP contribution in [0.2, 0.25) is 0 Å². The number of nitrogens with one attached hydrogen (secondary N) is 1. The van der Waals surface area contributed by atoms with E-state index in [9.17, 15) is 18.0 Å². The molecule has 2 aromatic rings. The fourth-order valence-electron chi connectivity index (χ4n) is 4.55. The molecular weight excluding hydrogens is 474 g/mol. The lowest BCUT2D eigenvalue weighted by molar-refractivity contribution is -0.139. The topological polar surface area (TPSA) is 86.8 Å². The predicted octanol–water partition coefficient (Wildman–Crippen LogP) is 4.19. The number of amides is 2. The lowest BCUT2D eigenvalue weighted by Gasteiger charge is -2.33. The van der Waals surface area contributed by atoms with Crippen molar-refractivity contribution in [1.82, 2.24) is 10.2 Å². The number of rotatable bonds is 10. The SMILES string of the molecule is CCc1ccc(N(CC(=O)N(Cc2ccc(C)cc2)C(C)C(=O)NC2CCCCC2)S(C)(=O)=O)cc1. The zero-order chi connectivity index (χ0) is 26.3. The van der Waals surface area contributed by atoms with E-state index in [4.69, 9.17) is 0 Å². The molecule has 196 valence electrons. The van der Waals surface area contributed by atoms with Gasteiger partial charge in [0, 0.05) is 12.6 Å². The normalized spacial score (nSPS) is 15.2. The summed E-state index contributed by atoms with van der Waals surface area (Å²) in [7, 11) is -3.73. The van der Waals surface area contributed by atoms with Crippen molar-refractivity contribution in [2.24, 2.45) is 0 Å². The fourth-order valence-corrected chi connectivity index (χ4v) is 5.40. The van der Waals surface area contributed by atoms with Crippen molar-refractivity contribution < 1.29 is 18.0 Å². The van der Waals surface area contributed by atoms with Gasteiger partial charge < -0.3 is 10.2 Å². The Labute approximate surface area is 215 Å². The third-order valence-corrected chi connectivity index (χ3v) is 8.04. The first kappa shape index (κ1) is 27.7. The lowest BCUT2D eigenvalue weighted by atomic mass is 9.95.